The van der Waals surface area contributed by atoms with Crippen molar-refractivity contribution >= 4 is 5.70 Å². The smallest absolute Gasteiger partial charge is 0.233 e. The fourth-order valence-corrected chi connectivity index (χ4v) is 3.09. The zero-order valence-corrected chi connectivity index (χ0v) is 16.6. The van der Waals surface area contributed by atoms with E-state index in [1.165, 1.54) is 0 Å². The van der Waals surface area contributed by atoms with Gasteiger partial charge in [0.15, 0.2) is 0 Å². The summed E-state index contributed by atoms with van der Waals surface area (Å²) in [4.78, 5) is 6.47. The number of aryl methyl sites for hydroxylation is 2. The van der Waals surface area contributed by atoms with Crippen LogP contribution < -0.4 is 4.74 Å². The Balaban J connectivity index is 1.44. The van der Waals surface area contributed by atoms with Crippen molar-refractivity contribution in [2.75, 3.05) is 26.3 Å². The lowest BCUT2D eigenvalue weighted by Gasteiger charge is -2.29. The Hall–Kier alpha value is -3.26. The van der Waals surface area contributed by atoms with Crippen LogP contribution >= 0.6 is 0 Å². The van der Waals surface area contributed by atoms with Crippen LogP contribution in [0.1, 0.15) is 22.7 Å². The number of morpholine rings is 1. The van der Waals surface area contributed by atoms with Crippen LogP contribution in [0, 0.1) is 13.8 Å². The minimum absolute atomic E-state index is 0.275. The summed E-state index contributed by atoms with van der Waals surface area (Å²) in [6.45, 7) is 11.2. The van der Waals surface area contributed by atoms with Crippen LogP contribution in [-0.4, -0.2) is 51.5 Å². The van der Waals surface area contributed by atoms with Crippen LogP contribution in [0.5, 0.6) is 5.88 Å². The molecule has 0 atom stereocenters. The molecular weight excluding hydrogens is 370 g/mol. The van der Waals surface area contributed by atoms with Crippen LogP contribution in [-0.2, 0) is 11.3 Å². The Bertz CT molecular complexity index is 977. The predicted octanol–water partition coefficient (Wildman–Crippen LogP) is 3.03. The molecular formula is C21H23N5O3. The number of aromatic nitrogens is 4. The summed E-state index contributed by atoms with van der Waals surface area (Å²) in [7, 11) is 0. The molecule has 3 aromatic heterocycles. The number of ether oxygens (including phenoxy) is 2. The molecule has 0 N–H and O–H groups in total. The molecule has 4 heterocycles. The van der Waals surface area contributed by atoms with E-state index in [0.29, 0.717) is 24.9 Å². The second-order valence-corrected chi connectivity index (χ2v) is 6.85. The van der Waals surface area contributed by atoms with Crippen LogP contribution in [0.4, 0.5) is 0 Å². The first-order valence-corrected chi connectivity index (χ1v) is 9.48. The maximum Gasteiger partial charge on any atom is 0.233 e. The van der Waals surface area contributed by atoms with Crippen LogP contribution in [0.3, 0.4) is 0 Å². The van der Waals surface area contributed by atoms with Crippen molar-refractivity contribution in [1.82, 2.24) is 25.2 Å². The first-order valence-electron chi connectivity index (χ1n) is 9.48. The van der Waals surface area contributed by atoms with Crippen molar-refractivity contribution in [3.8, 4) is 17.1 Å². The number of nitrogens with zero attached hydrogens (tertiary/aromatic N) is 5. The van der Waals surface area contributed by atoms with Crippen molar-refractivity contribution in [2.45, 2.75) is 20.5 Å². The predicted molar refractivity (Wildman–Crippen MR) is 107 cm³/mol. The van der Waals surface area contributed by atoms with E-state index in [1.54, 1.807) is 12.3 Å². The van der Waals surface area contributed by atoms with Crippen molar-refractivity contribution in [2.24, 2.45) is 0 Å². The highest BCUT2D eigenvalue weighted by Gasteiger charge is 2.17. The SMILES string of the molecule is C=C(c1ccc(OCc2c(-c3ccc(C)nc3)noc2C)nn1)N1CCOCC1. The highest BCUT2D eigenvalue weighted by Crippen LogP contribution is 2.26. The summed E-state index contributed by atoms with van der Waals surface area (Å²) < 4.78 is 16.6. The van der Waals surface area contributed by atoms with E-state index in [1.807, 2.05) is 32.0 Å². The third-order valence-corrected chi connectivity index (χ3v) is 4.86. The lowest BCUT2D eigenvalue weighted by atomic mass is 10.1. The van der Waals surface area contributed by atoms with E-state index in [9.17, 15) is 0 Å². The van der Waals surface area contributed by atoms with Gasteiger partial charge >= 0.3 is 0 Å². The topological polar surface area (TPSA) is 86.4 Å². The normalized spacial score (nSPS) is 14.1. The molecule has 8 nitrogen and oxygen atoms in total. The third kappa shape index (κ3) is 4.27. The molecule has 0 aliphatic carbocycles. The van der Waals surface area contributed by atoms with Gasteiger partial charge in [-0.15, -0.1) is 10.2 Å². The quantitative estimate of drug-likeness (QED) is 0.632. The number of hydrogen-bond acceptors (Lipinski definition) is 8. The summed E-state index contributed by atoms with van der Waals surface area (Å²) in [5.74, 6) is 1.13. The first kappa shape index (κ1) is 19.1. The Labute approximate surface area is 169 Å². The van der Waals surface area contributed by atoms with Crippen molar-refractivity contribution < 1.29 is 14.0 Å². The minimum atomic E-state index is 0.275. The average Bonchev–Trinajstić information content (AvgIpc) is 3.13. The van der Waals surface area contributed by atoms with Gasteiger partial charge in [0, 0.05) is 36.6 Å². The average molecular weight is 393 g/mol. The standard InChI is InChI=1S/C21H23N5O3/c1-14-4-5-17(12-22-14)21-18(16(3)29-25-21)13-28-20-7-6-19(23-24-20)15(2)26-8-10-27-11-9-26/h4-7,12H,2,8-11,13H2,1,3H3. The van der Waals surface area contributed by atoms with E-state index in [-0.39, 0.29) is 6.61 Å². The Morgan fingerprint density at radius 1 is 1.14 bits per heavy atom. The molecule has 4 rings (SSSR count). The first-order chi connectivity index (χ1) is 14.1. The maximum absolute atomic E-state index is 5.84. The monoisotopic (exact) mass is 393 g/mol. The van der Waals surface area contributed by atoms with E-state index >= 15 is 0 Å². The lowest BCUT2D eigenvalue weighted by molar-refractivity contribution is 0.0639. The molecule has 3 aromatic rings. The third-order valence-electron chi connectivity index (χ3n) is 4.86. The van der Waals surface area contributed by atoms with E-state index in [4.69, 9.17) is 14.0 Å². The van der Waals surface area contributed by atoms with Gasteiger partial charge in [-0.1, -0.05) is 11.7 Å². The summed E-state index contributed by atoms with van der Waals surface area (Å²) in [6.07, 6.45) is 1.78. The minimum Gasteiger partial charge on any atom is -0.472 e. The largest absolute Gasteiger partial charge is 0.472 e. The maximum atomic E-state index is 5.84. The summed E-state index contributed by atoms with van der Waals surface area (Å²) in [5, 5.41) is 12.6. The molecule has 1 aliphatic rings. The van der Waals surface area contributed by atoms with Gasteiger partial charge in [0.25, 0.3) is 0 Å². The molecule has 1 fully saturated rings. The number of pyridine rings is 1. The second kappa shape index (κ2) is 8.40. The molecule has 0 radical (unpaired) electrons. The van der Waals surface area contributed by atoms with Gasteiger partial charge in [0.05, 0.1) is 24.5 Å². The van der Waals surface area contributed by atoms with Gasteiger partial charge in [0.2, 0.25) is 5.88 Å². The molecule has 0 saturated carbocycles. The zero-order chi connectivity index (χ0) is 20.2. The van der Waals surface area contributed by atoms with Crippen LogP contribution in [0.25, 0.3) is 17.0 Å². The van der Waals surface area contributed by atoms with Crippen molar-refractivity contribution in [3.63, 3.8) is 0 Å². The lowest BCUT2D eigenvalue weighted by Crippen LogP contribution is -2.34. The Kier molecular flexibility index (Phi) is 5.53. The van der Waals surface area contributed by atoms with E-state index in [2.05, 4.69) is 31.8 Å². The molecule has 29 heavy (non-hydrogen) atoms. The second-order valence-electron chi connectivity index (χ2n) is 6.85. The summed E-state index contributed by atoms with van der Waals surface area (Å²) in [6, 6.07) is 7.57. The van der Waals surface area contributed by atoms with Gasteiger partial charge in [0.1, 0.15) is 23.8 Å². The van der Waals surface area contributed by atoms with Gasteiger partial charge in [-0.2, -0.15) is 0 Å². The van der Waals surface area contributed by atoms with Gasteiger partial charge < -0.3 is 18.9 Å². The molecule has 0 unspecified atom stereocenters. The number of hydrogen-bond donors (Lipinski definition) is 0. The van der Waals surface area contributed by atoms with E-state index < -0.39 is 0 Å². The van der Waals surface area contributed by atoms with Crippen LogP contribution in [0.15, 0.2) is 41.6 Å². The molecule has 1 saturated heterocycles. The molecule has 0 spiro atoms. The van der Waals surface area contributed by atoms with Gasteiger partial charge in [-0.05, 0) is 32.0 Å². The molecule has 0 aromatic carbocycles. The molecule has 8 heteroatoms. The van der Waals surface area contributed by atoms with Crippen molar-refractivity contribution in [1.29, 1.82) is 0 Å². The zero-order valence-electron chi connectivity index (χ0n) is 16.6. The highest BCUT2D eigenvalue weighted by molar-refractivity contribution is 5.62. The summed E-state index contributed by atoms with van der Waals surface area (Å²) in [5.41, 5.74) is 4.98. The molecule has 0 bridgehead atoms. The Morgan fingerprint density at radius 2 is 1.97 bits per heavy atom. The summed E-state index contributed by atoms with van der Waals surface area (Å²) >= 11 is 0. The highest BCUT2D eigenvalue weighted by atomic mass is 16.5. The van der Waals surface area contributed by atoms with Gasteiger partial charge in [-0.25, -0.2) is 0 Å². The van der Waals surface area contributed by atoms with E-state index in [0.717, 1.165) is 47.0 Å². The van der Waals surface area contributed by atoms with Gasteiger partial charge in [-0.3, -0.25) is 4.98 Å². The molecule has 1 aliphatic heterocycles. The fourth-order valence-electron chi connectivity index (χ4n) is 3.09. The van der Waals surface area contributed by atoms with Crippen LogP contribution in [0.2, 0.25) is 0 Å². The van der Waals surface area contributed by atoms with Crippen molar-refractivity contribution in [3.05, 3.63) is 59.8 Å². The number of rotatable bonds is 6. The Morgan fingerprint density at radius 3 is 2.66 bits per heavy atom. The molecule has 0 amide bonds. The fraction of sp³-hybridized carbons (Fsp3) is 0.333. The molecule has 150 valence electrons.